The molecule has 0 fully saturated rings. The predicted octanol–water partition coefficient (Wildman–Crippen LogP) is 2.29. The maximum absolute atomic E-state index is 12.1. The van der Waals surface area contributed by atoms with Crippen molar-refractivity contribution in [2.24, 2.45) is 0 Å². The summed E-state index contributed by atoms with van der Waals surface area (Å²) >= 11 is 1.04. The molecule has 142 valence electrons. The number of alkyl halides is 3. The molecule has 0 aliphatic rings. The second-order valence-corrected chi connectivity index (χ2v) is 6.33. The van der Waals surface area contributed by atoms with E-state index < -0.39 is 18.6 Å². The smallest absolute Gasteiger partial charge is 0.383 e. The first-order chi connectivity index (χ1) is 12.4. The lowest BCUT2D eigenvalue weighted by atomic mass is 10.1. The van der Waals surface area contributed by atoms with Crippen molar-refractivity contribution in [1.29, 1.82) is 0 Å². The van der Waals surface area contributed by atoms with Crippen LogP contribution < -0.4 is 5.32 Å². The number of hydrogen-bond acceptors (Lipinski definition) is 5. The second kappa shape index (κ2) is 9.58. The number of nitrogens with zero attached hydrogens (tertiary/aromatic N) is 3. The minimum absolute atomic E-state index is 0.174. The molecule has 10 heteroatoms. The van der Waals surface area contributed by atoms with E-state index in [4.69, 9.17) is 4.74 Å². The summed E-state index contributed by atoms with van der Waals surface area (Å²) in [5.41, 5.74) is 1.05. The number of carbonyl (C=O) groups is 1. The first-order valence-electron chi connectivity index (χ1n) is 7.80. The van der Waals surface area contributed by atoms with Gasteiger partial charge in [0.1, 0.15) is 12.4 Å². The number of thioether (sulfide) groups is 1. The van der Waals surface area contributed by atoms with Crippen molar-refractivity contribution in [3.05, 3.63) is 41.7 Å². The Balaban J connectivity index is 2.02. The van der Waals surface area contributed by atoms with Crippen LogP contribution in [0.1, 0.15) is 11.4 Å². The maximum atomic E-state index is 12.1. The molecule has 0 saturated carbocycles. The van der Waals surface area contributed by atoms with Crippen molar-refractivity contribution in [2.45, 2.75) is 24.3 Å². The number of aromatic nitrogens is 3. The van der Waals surface area contributed by atoms with Crippen molar-refractivity contribution in [3.8, 4) is 0 Å². The summed E-state index contributed by atoms with van der Waals surface area (Å²) in [6.07, 6.45) is -3.87. The number of carbonyl (C=O) groups excluding carboxylic acids is 1. The molecule has 0 saturated heterocycles. The van der Waals surface area contributed by atoms with Crippen LogP contribution in [-0.2, 0) is 22.5 Å². The average molecular weight is 388 g/mol. The van der Waals surface area contributed by atoms with Crippen LogP contribution in [0.3, 0.4) is 0 Å². The number of rotatable bonds is 9. The van der Waals surface area contributed by atoms with Gasteiger partial charge in [0.15, 0.2) is 5.16 Å². The van der Waals surface area contributed by atoms with Crippen LogP contribution >= 0.6 is 11.8 Å². The highest BCUT2D eigenvalue weighted by molar-refractivity contribution is 7.99. The molecule has 0 aliphatic carbocycles. The highest BCUT2D eigenvalue weighted by atomic mass is 32.2. The number of ether oxygens (including phenoxy) is 1. The molecule has 26 heavy (non-hydrogen) atoms. The third-order valence-electron chi connectivity index (χ3n) is 3.34. The third kappa shape index (κ3) is 6.68. The van der Waals surface area contributed by atoms with Gasteiger partial charge in [0.25, 0.3) is 0 Å². The lowest BCUT2D eigenvalue weighted by molar-refractivity contribution is -0.136. The predicted molar refractivity (Wildman–Crippen MR) is 90.9 cm³/mol. The SMILES string of the molecule is COCCn1c(Cc2ccccc2)nnc1SCC(=O)NCC(F)(F)F. The first-order valence-corrected chi connectivity index (χ1v) is 8.79. The summed E-state index contributed by atoms with van der Waals surface area (Å²) < 4.78 is 43.3. The van der Waals surface area contributed by atoms with Gasteiger partial charge < -0.3 is 14.6 Å². The van der Waals surface area contributed by atoms with E-state index in [-0.39, 0.29) is 5.75 Å². The quantitative estimate of drug-likeness (QED) is 0.668. The van der Waals surface area contributed by atoms with Crippen molar-refractivity contribution in [3.63, 3.8) is 0 Å². The molecular weight excluding hydrogens is 369 g/mol. The zero-order valence-corrected chi connectivity index (χ0v) is 14.9. The number of amides is 1. The zero-order chi connectivity index (χ0) is 19.0. The Morgan fingerprint density at radius 2 is 2.00 bits per heavy atom. The van der Waals surface area contributed by atoms with Gasteiger partial charge in [-0.3, -0.25) is 4.79 Å². The molecule has 1 heterocycles. The van der Waals surface area contributed by atoms with E-state index in [0.717, 1.165) is 17.3 Å². The molecule has 0 unspecified atom stereocenters. The molecule has 0 radical (unpaired) electrons. The summed E-state index contributed by atoms with van der Waals surface area (Å²) in [5, 5.41) is 10.5. The molecule has 6 nitrogen and oxygen atoms in total. The van der Waals surface area contributed by atoms with Gasteiger partial charge >= 0.3 is 6.18 Å². The topological polar surface area (TPSA) is 69.0 Å². The summed E-state index contributed by atoms with van der Waals surface area (Å²) in [7, 11) is 1.57. The van der Waals surface area contributed by atoms with E-state index >= 15 is 0 Å². The minimum atomic E-state index is -4.43. The van der Waals surface area contributed by atoms with Gasteiger partial charge in [0, 0.05) is 20.1 Å². The Bertz CT molecular complexity index is 707. The van der Waals surface area contributed by atoms with Gasteiger partial charge in [0.2, 0.25) is 5.91 Å². The lowest BCUT2D eigenvalue weighted by Crippen LogP contribution is -2.34. The van der Waals surface area contributed by atoms with E-state index in [1.54, 1.807) is 7.11 Å². The van der Waals surface area contributed by atoms with Crippen molar-refractivity contribution in [1.82, 2.24) is 20.1 Å². The van der Waals surface area contributed by atoms with E-state index in [1.807, 2.05) is 40.2 Å². The minimum Gasteiger partial charge on any atom is -0.383 e. The molecule has 1 aromatic heterocycles. The normalized spacial score (nSPS) is 11.5. The molecule has 2 aromatic rings. The van der Waals surface area contributed by atoms with Gasteiger partial charge in [-0.25, -0.2) is 0 Å². The van der Waals surface area contributed by atoms with Gasteiger partial charge in [-0.05, 0) is 5.56 Å². The monoisotopic (exact) mass is 388 g/mol. The molecule has 1 amide bonds. The molecule has 0 spiro atoms. The zero-order valence-electron chi connectivity index (χ0n) is 14.1. The van der Waals surface area contributed by atoms with Crippen molar-refractivity contribution in [2.75, 3.05) is 26.0 Å². The van der Waals surface area contributed by atoms with Crippen LogP contribution in [-0.4, -0.2) is 52.9 Å². The van der Waals surface area contributed by atoms with Crippen molar-refractivity contribution < 1.29 is 22.7 Å². The number of hydrogen-bond donors (Lipinski definition) is 1. The van der Waals surface area contributed by atoms with Crippen LogP contribution in [0.4, 0.5) is 13.2 Å². The summed E-state index contributed by atoms with van der Waals surface area (Å²) in [6.45, 7) is -0.437. The lowest BCUT2D eigenvalue weighted by Gasteiger charge is -2.10. The van der Waals surface area contributed by atoms with Gasteiger partial charge in [-0.1, -0.05) is 42.1 Å². The van der Waals surface area contributed by atoms with E-state index in [2.05, 4.69) is 10.2 Å². The number of benzene rings is 1. The molecule has 0 bridgehead atoms. The maximum Gasteiger partial charge on any atom is 0.405 e. The van der Waals surface area contributed by atoms with E-state index in [1.165, 1.54) is 0 Å². The first kappa shape index (κ1) is 20.2. The fraction of sp³-hybridized carbons (Fsp3) is 0.438. The number of halogens is 3. The number of methoxy groups -OCH3 is 1. The Morgan fingerprint density at radius 1 is 1.27 bits per heavy atom. The summed E-state index contributed by atoms with van der Waals surface area (Å²) in [5.74, 6) is -0.184. The Labute approximate surface area is 153 Å². The van der Waals surface area contributed by atoms with Gasteiger partial charge in [-0.15, -0.1) is 10.2 Å². The highest BCUT2D eigenvalue weighted by Gasteiger charge is 2.27. The Morgan fingerprint density at radius 3 is 2.65 bits per heavy atom. The molecule has 2 rings (SSSR count). The molecule has 1 aromatic carbocycles. The number of nitrogens with one attached hydrogen (secondary N) is 1. The van der Waals surface area contributed by atoms with Crippen LogP contribution in [0.5, 0.6) is 0 Å². The summed E-state index contributed by atoms with van der Waals surface area (Å²) in [6, 6.07) is 9.69. The Kier molecular flexibility index (Phi) is 7.46. The standard InChI is InChI=1S/C16H19F3N4O2S/c1-25-8-7-23-13(9-12-5-3-2-4-6-12)21-22-15(23)26-10-14(24)20-11-16(17,18)19/h2-6H,7-11H2,1H3,(H,20,24). The van der Waals surface area contributed by atoms with Crippen LogP contribution in [0, 0.1) is 0 Å². The highest BCUT2D eigenvalue weighted by Crippen LogP contribution is 2.19. The third-order valence-corrected chi connectivity index (χ3v) is 4.30. The molecule has 1 N–H and O–H groups in total. The molecular formula is C16H19F3N4O2S. The Hall–Kier alpha value is -2.07. The van der Waals surface area contributed by atoms with E-state index in [0.29, 0.717) is 30.6 Å². The molecule has 0 atom stereocenters. The van der Waals surface area contributed by atoms with E-state index in [9.17, 15) is 18.0 Å². The largest absolute Gasteiger partial charge is 0.405 e. The summed E-state index contributed by atoms with van der Waals surface area (Å²) in [4.78, 5) is 11.6. The second-order valence-electron chi connectivity index (χ2n) is 5.39. The fourth-order valence-corrected chi connectivity index (χ4v) is 2.94. The molecule has 0 aliphatic heterocycles. The van der Waals surface area contributed by atoms with Gasteiger partial charge in [-0.2, -0.15) is 13.2 Å². The van der Waals surface area contributed by atoms with Crippen molar-refractivity contribution >= 4 is 17.7 Å². The fourth-order valence-electron chi connectivity index (χ4n) is 2.12. The van der Waals surface area contributed by atoms with Crippen LogP contribution in [0.25, 0.3) is 0 Å². The van der Waals surface area contributed by atoms with Crippen LogP contribution in [0.15, 0.2) is 35.5 Å². The van der Waals surface area contributed by atoms with Gasteiger partial charge in [0.05, 0.1) is 12.4 Å². The van der Waals surface area contributed by atoms with Crippen LogP contribution in [0.2, 0.25) is 0 Å². The average Bonchev–Trinajstić information content (AvgIpc) is 2.98.